The van der Waals surface area contributed by atoms with Gasteiger partial charge in [-0.25, -0.2) is 0 Å². The number of nitrogens with two attached hydrogens (primary N) is 1. The molecular weight excluding hydrogens is 152 g/mol. The van der Waals surface area contributed by atoms with Crippen LogP contribution in [0, 0.1) is 16.7 Å². The summed E-state index contributed by atoms with van der Waals surface area (Å²) in [6, 6.07) is -0.178. The topological polar surface area (TPSA) is 55.4 Å². The van der Waals surface area contributed by atoms with Crippen LogP contribution in [-0.2, 0) is 0 Å². The first kappa shape index (κ1) is 8.97. The van der Waals surface area contributed by atoms with Crippen molar-refractivity contribution in [2.24, 2.45) is 22.7 Å². The lowest BCUT2D eigenvalue weighted by Crippen LogP contribution is -2.20. The van der Waals surface area contributed by atoms with E-state index in [1.54, 1.807) is 0 Å². The predicted octanol–water partition coefficient (Wildman–Crippen LogP) is 1.81. The van der Waals surface area contributed by atoms with E-state index in [-0.39, 0.29) is 17.9 Å². The van der Waals surface area contributed by atoms with Crippen molar-refractivity contribution in [3.8, 4) is 0 Å². The van der Waals surface area contributed by atoms with Gasteiger partial charge in [0.2, 0.25) is 0 Å². The maximum Gasteiger partial charge on any atom is 0.104 e. The van der Waals surface area contributed by atoms with Crippen LogP contribution >= 0.6 is 0 Å². The van der Waals surface area contributed by atoms with Crippen LogP contribution in [0.1, 0.15) is 13.8 Å². The highest BCUT2D eigenvalue weighted by atomic mass is 16.3. The average Bonchev–Trinajstić information content (AvgIpc) is 2.12. The van der Waals surface area contributed by atoms with Crippen LogP contribution in [0.15, 0.2) is 29.1 Å². The van der Waals surface area contributed by atoms with Crippen molar-refractivity contribution in [1.29, 1.82) is 0 Å². The molecule has 3 heteroatoms. The zero-order valence-electron chi connectivity index (χ0n) is 7.40. The van der Waals surface area contributed by atoms with Crippen molar-refractivity contribution in [2.75, 3.05) is 0 Å². The molecule has 0 aromatic heterocycles. The van der Waals surface area contributed by atoms with Gasteiger partial charge in [-0.05, 0) is 6.08 Å². The Morgan fingerprint density at radius 1 is 1.42 bits per heavy atom. The summed E-state index contributed by atoms with van der Waals surface area (Å²) in [5.41, 5.74) is 6.36. The smallest absolute Gasteiger partial charge is 0.104 e. The van der Waals surface area contributed by atoms with Crippen molar-refractivity contribution in [2.45, 2.75) is 19.9 Å². The van der Waals surface area contributed by atoms with Crippen molar-refractivity contribution >= 4 is 0 Å². The van der Waals surface area contributed by atoms with Gasteiger partial charge < -0.3 is 5.73 Å². The van der Waals surface area contributed by atoms with E-state index in [0.29, 0.717) is 0 Å². The average molecular weight is 166 g/mol. The number of hydrogen-bond donors (Lipinski definition) is 1. The van der Waals surface area contributed by atoms with E-state index in [2.05, 4.69) is 5.18 Å². The largest absolute Gasteiger partial charge is 0.399 e. The molecule has 0 bridgehead atoms. The Balaban J connectivity index is 2.89. The molecular formula is C9H14N2O. The summed E-state index contributed by atoms with van der Waals surface area (Å²) in [5.74, 6) is 0.308. The van der Waals surface area contributed by atoms with E-state index in [4.69, 9.17) is 5.73 Å². The van der Waals surface area contributed by atoms with Crippen molar-refractivity contribution in [3.05, 3.63) is 28.8 Å². The lowest BCUT2D eigenvalue weighted by atomic mass is 9.92. The molecule has 2 N–H and O–H groups in total. The van der Waals surface area contributed by atoms with Crippen LogP contribution in [0.4, 0.5) is 0 Å². The second-order valence-electron chi connectivity index (χ2n) is 3.34. The van der Waals surface area contributed by atoms with E-state index in [9.17, 15) is 4.91 Å². The summed E-state index contributed by atoms with van der Waals surface area (Å²) in [7, 11) is 0. The first-order valence-corrected chi connectivity index (χ1v) is 4.13. The van der Waals surface area contributed by atoms with Gasteiger partial charge in [-0.3, -0.25) is 0 Å². The molecule has 3 atom stereocenters. The molecule has 1 aliphatic carbocycles. The van der Waals surface area contributed by atoms with Gasteiger partial charge in [0.05, 0.1) is 0 Å². The summed E-state index contributed by atoms with van der Waals surface area (Å²) in [5, 5.41) is 3.10. The van der Waals surface area contributed by atoms with Gasteiger partial charge in [-0.15, -0.1) is 0 Å². The maximum atomic E-state index is 10.5. The second kappa shape index (κ2) is 3.52. The molecule has 1 rings (SSSR count). The number of nitroso groups, excluding NO2 is 1. The van der Waals surface area contributed by atoms with Gasteiger partial charge in [0, 0.05) is 17.5 Å². The van der Waals surface area contributed by atoms with Gasteiger partial charge in [0.1, 0.15) is 6.04 Å². The lowest BCUT2D eigenvalue weighted by Gasteiger charge is -2.16. The Bertz CT molecular complexity index is 233. The van der Waals surface area contributed by atoms with Crippen LogP contribution in [-0.4, -0.2) is 6.04 Å². The molecule has 66 valence electrons. The molecule has 0 saturated heterocycles. The molecule has 0 fully saturated rings. The Kier molecular flexibility index (Phi) is 2.63. The molecule has 3 nitrogen and oxygen atoms in total. The van der Waals surface area contributed by atoms with Crippen LogP contribution in [0.3, 0.4) is 0 Å². The fourth-order valence-electron chi connectivity index (χ4n) is 1.51. The third kappa shape index (κ3) is 1.72. The minimum absolute atomic E-state index is 0.132. The standard InChI is InChI=1S/C9H14N2O/c1-6-3-4-8(10)5-7(2)9(6)11-12/h3-7,9H,10H2,1-2H3/t6-,7-,9-/m0/s1. The van der Waals surface area contributed by atoms with Crippen molar-refractivity contribution in [1.82, 2.24) is 0 Å². The third-order valence-electron chi connectivity index (χ3n) is 2.25. The van der Waals surface area contributed by atoms with E-state index in [1.807, 2.05) is 32.1 Å². The molecule has 0 aliphatic heterocycles. The second-order valence-corrected chi connectivity index (χ2v) is 3.34. The van der Waals surface area contributed by atoms with Gasteiger partial charge in [0.15, 0.2) is 0 Å². The van der Waals surface area contributed by atoms with E-state index in [0.717, 1.165) is 5.70 Å². The Morgan fingerprint density at radius 2 is 2.08 bits per heavy atom. The van der Waals surface area contributed by atoms with E-state index < -0.39 is 0 Å². The highest BCUT2D eigenvalue weighted by molar-refractivity contribution is 5.21. The van der Waals surface area contributed by atoms with E-state index >= 15 is 0 Å². The molecule has 0 radical (unpaired) electrons. The maximum absolute atomic E-state index is 10.5. The minimum atomic E-state index is -0.178. The highest BCUT2D eigenvalue weighted by Gasteiger charge is 2.23. The quantitative estimate of drug-likeness (QED) is 0.604. The van der Waals surface area contributed by atoms with Crippen molar-refractivity contribution in [3.63, 3.8) is 0 Å². The summed E-state index contributed by atoms with van der Waals surface area (Å²) in [4.78, 5) is 10.5. The van der Waals surface area contributed by atoms with Gasteiger partial charge >= 0.3 is 0 Å². The Labute approximate surface area is 72.3 Å². The molecule has 12 heavy (non-hydrogen) atoms. The third-order valence-corrected chi connectivity index (χ3v) is 2.25. The van der Waals surface area contributed by atoms with Crippen LogP contribution in [0.25, 0.3) is 0 Å². The molecule has 0 aromatic carbocycles. The van der Waals surface area contributed by atoms with Crippen LogP contribution < -0.4 is 5.73 Å². The molecule has 0 saturated carbocycles. The molecule has 0 spiro atoms. The molecule has 0 unspecified atom stereocenters. The van der Waals surface area contributed by atoms with Gasteiger partial charge in [-0.2, -0.15) is 4.91 Å². The lowest BCUT2D eigenvalue weighted by molar-refractivity contribution is 0.450. The number of nitrogens with zero attached hydrogens (tertiary/aromatic N) is 1. The Morgan fingerprint density at radius 3 is 2.67 bits per heavy atom. The summed E-state index contributed by atoms with van der Waals surface area (Å²) in [6.07, 6.45) is 5.65. The summed E-state index contributed by atoms with van der Waals surface area (Å²) in [6.45, 7) is 3.94. The predicted molar refractivity (Wildman–Crippen MR) is 49.3 cm³/mol. The first-order chi connectivity index (χ1) is 5.65. The van der Waals surface area contributed by atoms with Crippen LogP contribution in [0.5, 0.6) is 0 Å². The number of hydrogen-bond acceptors (Lipinski definition) is 3. The summed E-state index contributed by atoms with van der Waals surface area (Å²) >= 11 is 0. The normalized spacial score (nSPS) is 35.5. The number of rotatable bonds is 1. The van der Waals surface area contributed by atoms with Crippen molar-refractivity contribution < 1.29 is 0 Å². The fraction of sp³-hybridized carbons (Fsp3) is 0.556. The zero-order valence-corrected chi connectivity index (χ0v) is 7.40. The Hall–Kier alpha value is -1.12. The van der Waals surface area contributed by atoms with Gasteiger partial charge in [0.25, 0.3) is 0 Å². The molecule has 0 aromatic rings. The van der Waals surface area contributed by atoms with Gasteiger partial charge in [-0.1, -0.05) is 31.2 Å². The molecule has 0 heterocycles. The number of allylic oxidation sites excluding steroid dienone is 1. The SMILES string of the molecule is C[C@H]1C=CC(N)=C[C@H](C)[C@H]1N=O. The molecule has 1 aliphatic rings. The summed E-state index contributed by atoms with van der Waals surface area (Å²) < 4.78 is 0. The zero-order chi connectivity index (χ0) is 9.14. The van der Waals surface area contributed by atoms with Crippen LogP contribution in [0.2, 0.25) is 0 Å². The van der Waals surface area contributed by atoms with E-state index in [1.165, 1.54) is 0 Å². The highest BCUT2D eigenvalue weighted by Crippen LogP contribution is 2.22. The molecule has 0 amide bonds. The first-order valence-electron chi connectivity index (χ1n) is 4.13. The fourth-order valence-corrected chi connectivity index (χ4v) is 1.51. The minimum Gasteiger partial charge on any atom is -0.399 e. The monoisotopic (exact) mass is 166 g/mol.